The van der Waals surface area contributed by atoms with Gasteiger partial charge in [0.1, 0.15) is 6.61 Å². The van der Waals surface area contributed by atoms with E-state index in [4.69, 9.17) is 10.5 Å². The molecule has 6 nitrogen and oxygen atoms in total. The summed E-state index contributed by atoms with van der Waals surface area (Å²) in [4.78, 5) is 27.5. The van der Waals surface area contributed by atoms with Crippen molar-refractivity contribution in [2.45, 2.75) is 13.0 Å². The summed E-state index contributed by atoms with van der Waals surface area (Å²) in [5.41, 5.74) is 6.32. The highest BCUT2D eigenvalue weighted by Gasteiger charge is 2.16. The van der Waals surface area contributed by atoms with Gasteiger partial charge in [0.2, 0.25) is 5.91 Å². The van der Waals surface area contributed by atoms with Crippen LogP contribution in [0.5, 0.6) is 5.75 Å². The van der Waals surface area contributed by atoms with E-state index in [-0.39, 0.29) is 18.7 Å². The Bertz CT molecular complexity index is 644. The third-order valence-electron chi connectivity index (χ3n) is 2.85. The molecule has 1 aromatic carbocycles. The minimum atomic E-state index is -0.595. The van der Waals surface area contributed by atoms with E-state index in [9.17, 15) is 9.59 Å². The second kappa shape index (κ2) is 7.90. The number of benzene rings is 1. The molecule has 0 aliphatic carbocycles. The molecule has 0 unspecified atom stereocenters. The van der Waals surface area contributed by atoms with E-state index < -0.39 is 11.8 Å². The van der Waals surface area contributed by atoms with Crippen LogP contribution in [0, 0.1) is 0 Å². The Labute approximate surface area is 128 Å². The van der Waals surface area contributed by atoms with Gasteiger partial charge >= 0.3 is 0 Å². The molecule has 0 saturated carbocycles. The lowest BCUT2D eigenvalue weighted by Crippen LogP contribution is -2.32. The van der Waals surface area contributed by atoms with E-state index in [1.165, 1.54) is 6.20 Å². The average molecular weight is 299 g/mol. The maximum atomic E-state index is 12.0. The molecule has 6 heteroatoms. The van der Waals surface area contributed by atoms with E-state index >= 15 is 0 Å². The predicted molar refractivity (Wildman–Crippen MR) is 81.2 cm³/mol. The molecule has 0 saturated heterocycles. The Morgan fingerprint density at radius 3 is 2.64 bits per heavy atom. The zero-order chi connectivity index (χ0) is 15.8. The van der Waals surface area contributed by atoms with Crippen molar-refractivity contribution >= 4 is 11.8 Å². The first-order valence-corrected chi connectivity index (χ1v) is 6.86. The number of rotatable bonds is 6. The first-order valence-electron chi connectivity index (χ1n) is 6.86. The van der Waals surface area contributed by atoms with Crippen molar-refractivity contribution in [1.82, 2.24) is 10.3 Å². The van der Waals surface area contributed by atoms with Crippen LogP contribution in [0.15, 0.2) is 48.7 Å². The number of ether oxygens (including phenoxy) is 1. The van der Waals surface area contributed by atoms with Crippen LogP contribution in [0.3, 0.4) is 0 Å². The minimum absolute atomic E-state index is 0.0730. The molecular weight excluding hydrogens is 282 g/mol. The number of nitrogens with one attached hydrogen (secondary N) is 1. The molecule has 1 aromatic heterocycles. The summed E-state index contributed by atoms with van der Waals surface area (Å²) in [6, 6.07) is 12.9. The summed E-state index contributed by atoms with van der Waals surface area (Å²) in [6.45, 7) is 0.488. The number of nitrogens with zero attached hydrogens (tertiary/aromatic N) is 1. The monoisotopic (exact) mass is 299 g/mol. The number of hydrogen-bond donors (Lipinski definition) is 2. The summed E-state index contributed by atoms with van der Waals surface area (Å²) in [7, 11) is 0. The number of amides is 2. The van der Waals surface area contributed by atoms with Gasteiger partial charge in [0, 0.05) is 19.2 Å². The first kappa shape index (κ1) is 15.7. The van der Waals surface area contributed by atoms with Crippen molar-refractivity contribution in [2.75, 3.05) is 6.54 Å². The maximum Gasteiger partial charge on any atom is 0.280 e. The fourth-order valence-electron chi connectivity index (χ4n) is 1.79. The summed E-state index contributed by atoms with van der Waals surface area (Å²) in [5.74, 6) is -0.710. The third-order valence-corrected chi connectivity index (χ3v) is 2.85. The molecule has 1 heterocycles. The van der Waals surface area contributed by atoms with E-state index in [1.54, 1.807) is 12.1 Å². The van der Waals surface area contributed by atoms with Crippen LogP contribution >= 0.6 is 0 Å². The van der Waals surface area contributed by atoms with Crippen molar-refractivity contribution in [3.8, 4) is 5.75 Å². The van der Waals surface area contributed by atoms with Crippen LogP contribution in [0.25, 0.3) is 0 Å². The molecule has 2 amide bonds. The SMILES string of the molecule is NCCC(=O)NC(=O)c1ncccc1OCc1ccccc1. The lowest BCUT2D eigenvalue weighted by molar-refractivity contribution is -0.119. The number of carbonyl (C=O) groups excluding carboxylic acids is 2. The molecule has 0 radical (unpaired) electrons. The largest absolute Gasteiger partial charge is 0.486 e. The topological polar surface area (TPSA) is 94.3 Å². The summed E-state index contributed by atoms with van der Waals surface area (Å²) in [5, 5.41) is 2.24. The highest BCUT2D eigenvalue weighted by Crippen LogP contribution is 2.17. The predicted octanol–water partition coefficient (Wildman–Crippen LogP) is 1.27. The zero-order valence-electron chi connectivity index (χ0n) is 12.0. The third kappa shape index (κ3) is 4.39. The molecule has 114 valence electrons. The van der Waals surface area contributed by atoms with Gasteiger partial charge in [-0.25, -0.2) is 4.98 Å². The van der Waals surface area contributed by atoms with E-state index in [0.717, 1.165) is 5.56 Å². The van der Waals surface area contributed by atoms with Gasteiger partial charge < -0.3 is 10.5 Å². The molecule has 0 spiro atoms. The van der Waals surface area contributed by atoms with Crippen molar-refractivity contribution in [3.63, 3.8) is 0 Å². The van der Waals surface area contributed by atoms with Gasteiger partial charge in [0.05, 0.1) is 0 Å². The Kier molecular flexibility index (Phi) is 5.62. The van der Waals surface area contributed by atoms with Gasteiger partial charge in [-0.05, 0) is 17.7 Å². The zero-order valence-corrected chi connectivity index (χ0v) is 12.0. The van der Waals surface area contributed by atoms with Crippen molar-refractivity contribution in [3.05, 3.63) is 59.9 Å². The van der Waals surface area contributed by atoms with Crippen LogP contribution in [-0.4, -0.2) is 23.3 Å². The minimum Gasteiger partial charge on any atom is -0.486 e. The van der Waals surface area contributed by atoms with Crippen LogP contribution in [0.4, 0.5) is 0 Å². The Morgan fingerprint density at radius 2 is 1.91 bits per heavy atom. The lowest BCUT2D eigenvalue weighted by Gasteiger charge is -2.10. The summed E-state index contributed by atoms with van der Waals surface area (Å²) in [6.07, 6.45) is 1.55. The number of hydrogen-bond acceptors (Lipinski definition) is 5. The number of imide groups is 1. The number of nitrogens with two attached hydrogens (primary N) is 1. The second-order valence-corrected chi connectivity index (χ2v) is 4.54. The van der Waals surface area contributed by atoms with Crippen molar-refractivity contribution in [2.24, 2.45) is 5.73 Å². The van der Waals surface area contributed by atoms with Gasteiger partial charge in [-0.3, -0.25) is 14.9 Å². The molecule has 0 aliphatic heterocycles. The fraction of sp³-hybridized carbons (Fsp3) is 0.188. The van der Waals surface area contributed by atoms with Gasteiger partial charge in [-0.2, -0.15) is 0 Å². The van der Waals surface area contributed by atoms with E-state index in [2.05, 4.69) is 10.3 Å². The summed E-state index contributed by atoms with van der Waals surface area (Å²) >= 11 is 0. The lowest BCUT2D eigenvalue weighted by atomic mass is 10.2. The Balaban J connectivity index is 2.06. The number of pyridine rings is 1. The van der Waals surface area contributed by atoms with Gasteiger partial charge in [-0.1, -0.05) is 30.3 Å². The van der Waals surface area contributed by atoms with Crippen LogP contribution < -0.4 is 15.8 Å². The van der Waals surface area contributed by atoms with E-state index in [1.807, 2.05) is 30.3 Å². The fourth-order valence-corrected chi connectivity index (χ4v) is 1.79. The van der Waals surface area contributed by atoms with E-state index in [0.29, 0.717) is 12.4 Å². The molecule has 3 N–H and O–H groups in total. The smallest absolute Gasteiger partial charge is 0.280 e. The standard InChI is InChI=1S/C16H17N3O3/c17-9-8-14(20)19-16(21)15-13(7-4-10-18-15)22-11-12-5-2-1-3-6-12/h1-7,10H,8-9,11,17H2,(H,19,20,21). The number of aromatic nitrogens is 1. The van der Waals surface area contributed by atoms with Crippen molar-refractivity contribution < 1.29 is 14.3 Å². The average Bonchev–Trinajstić information content (AvgIpc) is 2.54. The normalized spacial score (nSPS) is 10.0. The van der Waals surface area contributed by atoms with Crippen LogP contribution in [0.1, 0.15) is 22.5 Å². The highest BCUT2D eigenvalue weighted by atomic mass is 16.5. The highest BCUT2D eigenvalue weighted by molar-refractivity contribution is 6.05. The maximum absolute atomic E-state index is 12.0. The van der Waals surface area contributed by atoms with Crippen LogP contribution in [-0.2, 0) is 11.4 Å². The number of carbonyl (C=O) groups is 2. The molecule has 2 aromatic rings. The second-order valence-electron chi connectivity index (χ2n) is 4.54. The Hall–Kier alpha value is -2.73. The van der Waals surface area contributed by atoms with Gasteiger partial charge in [-0.15, -0.1) is 0 Å². The molecule has 0 aliphatic rings. The van der Waals surface area contributed by atoms with Gasteiger partial charge in [0.25, 0.3) is 5.91 Å². The quantitative estimate of drug-likeness (QED) is 0.837. The molecular formula is C16H17N3O3. The summed E-state index contributed by atoms with van der Waals surface area (Å²) < 4.78 is 5.63. The Morgan fingerprint density at radius 1 is 1.14 bits per heavy atom. The molecule has 0 atom stereocenters. The van der Waals surface area contributed by atoms with Crippen molar-refractivity contribution in [1.29, 1.82) is 0 Å². The molecule has 0 bridgehead atoms. The molecule has 22 heavy (non-hydrogen) atoms. The molecule has 2 rings (SSSR count). The first-order chi connectivity index (χ1) is 10.7. The molecule has 0 fully saturated rings. The van der Waals surface area contributed by atoms with Gasteiger partial charge in [0.15, 0.2) is 11.4 Å². The van der Waals surface area contributed by atoms with Crippen LogP contribution in [0.2, 0.25) is 0 Å².